The van der Waals surface area contributed by atoms with Gasteiger partial charge >= 0.3 is 6.01 Å². The van der Waals surface area contributed by atoms with Crippen LogP contribution in [0.5, 0.6) is 6.01 Å². The minimum absolute atomic E-state index is 0.358. The molecule has 2 heterocycles. The van der Waals surface area contributed by atoms with Crippen LogP contribution < -0.4 is 10.1 Å². The maximum absolute atomic E-state index is 5.49. The molecule has 0 atom stereocenters. The highest BCUT2D eigenvalue weighted by molar-refractivity contribution is 5.26. The van der Waals surface area contributed by atoms with E-state index >= 15 is 0 Å². The zero-order valence-electron chi connectivity index (χ0n) is 12.8. The summed E-state index contributed by atoms with van der Waals surface area (Å²) >= 11 is 0. The first-order valence-electron chi connectivity index (χ1n) is 7.24. The molecular formula is C15H21N5O. The van der Waals surface area contributed by atoms with Gasteiger partial charge < -0.3 is 10.1 Å². The van der Waals surface area contributed by atoms with E-state index in [2.05, 4.69) is 38.2 Å². The summed E-state index contributed by atoms with van der Waals surface area (Å²) in [6.45, 7) is 4.75. The molecule has 21 heavy (non-hydrogen) atoms. The first kappa shape index (κ1) is 15.2. The average molecular weight is 287 g/mol. The molecule has 0 radical (unpaired) electrons. The maximum atomic E-state index is 5.49. The number of nitrogens with one attached hydrogen (secondary N) is 1. The van der Waals surface area contributed by atoms with E-state index in [1.165, 1.54) is 5.56 Å². The fourth-order valence-corrected chi connectivity index (χ4v) is 1.78. The Kier molecular flexibility index (Phi) is 5.43. The largest absolute Gasteiger partial charge is 0.463 e. The van der Waals surface area contributed by atoms with E-state index < -0.39 is 0 Å². The molecule has 0 aliphatic rings. The molecule has 0 bridgehead atoms. The molecule has 0 amide bonds. The van der Waals surface area contributed by atoms with Crippen molar-refractivity contribution in [3.8, 4) is 6.01 Å². The number of hydrogen-bond acceptors (Lipinski definition) is 6. The zero-order chi connectivity index (χ0) is 15.1. The quantitative estimate of drug-likeness (QED) is 0.842. The number of hydrogen-bond donors (Lipinski definition) is 1. The number of pyridine rings is 1. The van der Waals surface area contributed by atoms with E-state index in [0.717, 1.165) is 18.5 Å². The number of ether oxygens (including phenoxy) is 1. The van der Waals surface area contributed by atoms with Crippen LogP contribution in [-0.4, -0.2) is 33.6 Å². The number of aryl methyl sites for hydroxylation is 1. The van der Waals surface area contributed by atoms with E-state index in [-0.39, 0.29) is 0 Å². The van der Waals surface area contributed by atoms with E-state index in [1.54, 1.807) is 7.05 Å². The lowest BCUT2D eigenvalue weighted by Gasteiger charge is -2.07. The Morgan fingerprint density at radius 3 is 2.62 bits per heavy atom. The van der Waals surface area contributed by atoms with Gasteiger partial charge in [-0.05, 0) is 24.5 Å². The monoisotopic (exact) mass is 287 g/mol. The smallest absolute Gasteiger partial charge is 0.321 e. The van der Waals surface area contributed by atoms with Gasteiger partial charge in [-0.2, -0.15) is 15.0 Å². The SMILES string of the molecule is CCCOc1nc(Cc2ccc(CC)cn2)nc(NC)n1. The maximum Gasteiger partial charge on any atom is 0.321 e. The van der Waals surface area contributed by atoms with Crippen LogP contribution in [0.25, 0.3) is 0 Å². The van der Waals surface area contributed by atoms with Gasteiger partial charge in [0.2, 0.25) is 5.95 Å². The van der Waals surface area contributed by atoms with Crippen molar-refractivity contribution in [2.24, 2.45) is 0 Å². The topological polar surface area (TPSA) is 72.8 Å². The van der Waals surface area contributed by atoms with Crippen LogP contribution in [0.3, 0.4) is 0 Å². The molecule has 1 N–H and O–H groups in total. The second-order valence-corrected chi connectivity index (χ2v) is 4.64. The molecule has 0 aliphatic heterocycles. The van der Waals surface area contributed by atoms with Gasteiger partial charge in [-0.1, -0.05) is 19.9 Å². The lowest BCUT2D eigenvalue weighted by atomic mass is 10.2. The van der Waals surface area contributed by atoms with Crippen LogP contribution in [0.15, 0.2) is 18.3 Å². The van der Waals surface area contributed by atoms with E-state index in [1.807, 2.05) is 19.2 Å². The molecule has 0 aliphatic carbocycles. The third kappa shape index (κ3) is 4.37. The Labute approximate surface area is 125 Å². The van der Waals surface area contributed by atoms with Gasteiger partial charge in [0, 0.05) is 18.9 Å². The fraction of sp³-hybridized carbons (Fsp3) is 0.467. The molecule has 0 unspecified atom stereocenters. The molecule has 6 heteroatoms. The molecule has 2 aromatic rings. The Morgan fingerprint density at radius 1 is 1.14 bits per heavy atom. The summed E-state index contributed by atoms with van der Waals surface area (Å²) in [4.78, 5) is 17.3. The van der Waals surface area contributed by atoms with Gasteiger partial charge in [-0.15, -0.1) is 0 Å². The van der Waals surface area contributed by atoms with E-state index in [9.17, 15) is 0 Å². The standard InChI is InChI=1S/C15H21N5O/c1-4-8-21-15-19-13(18-14(16-3)20-15)9-12-7-6-11(5-2)10-17-12/h6-7,10H,4-5,8-9H2,1-3H3,(H,16,18,19,20). The zero-order valence-corrected chi connectivity index (χ0v) is 12.8. The number of anilines is 1. The highest BCUT2D eigenvalue weighted by Crippen LogP contribution is 2.11. The summed E-state index contributed by atoms with van der Waals surface area (Å²) in [5.41, 5.74) is 2.15. The molecule has 0 aromatic carbocycles. The van der Waals surface area contributed by atoms with Crippen LogP contribution in [0.1, 0.15) is 37.4 Å². The van der Waals surface area contributed by atoms with Gasteiger partial charge in [-0.25, -0.2) is 0 Å². The third-order valence-electron chi connectivity index (χ3n) is 2.95. The normalized spacial score (nSPS) is 10.4. The lowest BCUT2D eigenvalue weighted by Crippen LogP contribution is -2.08. The Hall–Kier alpha value is -2.24. The molecule has 0 saturated carbocycles. The summed E-state index contributed by atoms with van der Waals surface area (Å²) in [6.07, 6.45) is 4.35. The highest BCUT2D eigenvalue weighted by atomic mass is 16.5. The molecule has 0 spiro atoms. The Morgan fingerprint density at radius 2 is 2.00 bits per heavy atom. The summed E-state index contributed by atoms with van der Waals surface area (Å²) in [5.74, 6) is 1.16. The van der Waals surface area contributed by atoms with Crippen LogP contribution in [0.2, 0.25) is 0 Å². The summed E-state index contributed by atoms with van der Waals surface area (Å²) in [5, 5.41) is 2.93. The third-order valence-corrected chi connectivity index (χ3v) is 2.95. The molecule has 0 fully saturated rings. The molecule has 0 saturated heterocycles. The van der Waals surface area contributed by atoms with Gasteiger partial charge in [0.25, 0.3) is 0 Å². The van der Waals surface area contributed by atoms with Crippen molar-refractivity contribution in [3.05, 3.63) is 35.4 Å². The first-order valence-corrected chi connectivity index (χ1v) is 7.24. The predicted molar refractivity (Wildman–Crippen MR) is 81.6 cm³/mol. The van der Waals surface area contributed by atoms with Crippen LogP contribution in [0, 0.1) is 0 Å². The molecular weight excluding hydrogens is 266 g/mol. The van der Waals surface area contributed by atoms with Crippen molar-refractivity contribution in [1.29, 1.82) is 0 Å². The van der Waals surface area contributed by atoms with Gasteiger partial charge in [0.15, 0.2) is 0 Å². The minimum Gasteiger partial charge on any atom is -0.463 e. The summed E-state index contributed by atoms with van der Waals surface area (Å²) < 4.78 is 5.49. The molecule has 2 rings (SSSR count). The first-order chi connectivity index (χ1) is 10.2. The summed E-state index contributed by atoms with van der Waals surface area (Å²) in [7, 11) is 1.77. The van der Waals surface area contributed by atoms with Crippen molar-refractivity contribution in [2.75, 3.05) is 19.0 Å². The predicted octanol–water partition coefficient (Wildman–Crippen LogP) is 2.25. The average Bonchev–Trinajstić information content (AvgIpc) is 2.53. The van der Waals surface area contributed by atoms with Gasteiger partial charge in [-0.3, -0.25) is 4.98 Å². The van der Waals surface area contributed by atoms with E-state index in [0.29, 0.717) is 30.8 Å². The van der Waals surface area contributed by atoms with Crippen LogP contribution in [-0.2, 0) is 12.8 Å². The molecule has 112 valence electrons. The number of rotatable bonds is 7. The second kappa shape index (κ2) is 7.52. The van der Waals surface area contributed by atoms with Crippen molar-refractivity contribution in [3.63, 3.8) is 0 Å². The van der Waals surface area contributed by atoms with Crippen molar-refractivity contribution in [2.45, 2.75) is 33.1 Å². The molecule has 6 nitrogen and oxygen atoms in total. The summed E-state index contributed by atoms with van der Waals surface area (Å²) in [6, 6.07) is 4.45. The number of aromatic nitrogens is 4. The van der Waals surface area contributed by atoms with Crippen molar-refractivity contribution < 1.29 is 4.74 Å². The van der Waals surface area contributed by atoms with E-state index in [4.69, 9.17) is 4.74 Å². The second-order valence-electron chi connectivity index (χ2n) is 4.64. The van der Waals surface area contributed by atoms with Crippen LogP contribution in [0.4, 0.5) is 5.95 Å². The highest BCUT2D eigenvalue weighted by Gasteiger charge is 2.08. The lowest BCUT2D eigenvalue weighted by molar-refractivity contribution is 0.290. The Balaban J connectivity index is 2.16. The fourth-order valence-electron chi connectivity index (χ4n) is 1.78. The van der Waals surface area contributed by atoms with Crippen molar-refractivity contribution >= 4 is 5.95 Å². The minimum atomic E-state index is 0.358. The Bertz CT molecular complexity index is 571. The van der Waals surface area contributed by atoms with Gasteiger partial charge in [0.1, 0.15) is 5.82 Å². The van der Waals surface area contributed by atoms with Gasteiger partial charge in [0.05, 0.1) is 13.0 Å². The van der Waals surface area contributed by atoms with Crippen molar-refractivity contribution in [1.82, 2.24) is 19.9 Å². The molecule has 2 aromatic heterocycles. The van der Waals surface area contributed by atoms with Crippen LogP contribution >= 0.6 is 0 Å². The number of nitrogens with zero attached hydrogens (tertiary/aromatic N) is 4.